The number of nitrogens with zero attached hydrogens (tertiary/aromatic N) is 1. The largest absolute Gasteiger partial charge is 0.496 e. The summed E-state index contributed by atoms with van der Waals surface area (Å²) < 4.78 is 30.6. The Labute approximate surface area is 137 Å². The Kier molecular flexibility index (Phi) is 6.01. The molecule has 7 heteroatoms. The number of rotatable bonds is 6. The SMILES string of the molecule is CCS(=O)(=O)N1CCC[C@@H](C(=O)NCc2ccccc2OC)C1. The summed E-state index contributed by atoms with van der Waals surface area (Å²) in [6.07, 6.45) is 1.43. The van der Waals surface area contributed by atoms with Gasteiger partial charge in [0.1, 0.15) is 5.75 Å². The molecule has 1 saturated heterocycles. The number of para-hydroxylation sites is 1. The molecule has 1 N–H and O–H groups in total. The molecule has 0 aromatic heterocycles. The number of sulfonamides is 1. The van der Waals surface area contributed by atoms with Gasteiger partial charge >= 0.3 is 0 Å². The average Bonchev–Trinajstić information content (AvgIpc) is 2.60. The quantitative estimate of drug-likeness (QED) is 0.849. The molecular formula is C16H24N2O4S. The van der Waals surface area contributed by atoms with E-state index in [1.165, 1.54) is 4.31 Å². The predicted molar refractivity (Wildman–Crippen MR) is 88.6 cm³/mol. The summed E-state index contributed by atoms with van der Waals surface area (Å²) >= 11 is 0. The standard InChI is InChI=1S/C16H24N2O4S/c1-3-23(20,21)18-10-6-8-14(12-18)16(19)17-11-13-7-4-5-9-15(13)22-2/h4-5,7,9,14H,3,6,8,10-12H2,1-2H3,(H,17,19)/t14-/m1/s1. The third-order valence-corrected chi connectivity index (χ3v) is 6.01. The van der Waals surface area contributed by atoms with Crippen molar-refractivity contribution < 1.29 is 17.9 Å². The monoisotopic (exact) mass is 340 g/mol. The van der Waals surface area contributed by atoms with E-state index in [0.717, 1.165) is 11.3 Å². The highest BCUT2D eigenvalue weighted by molar-refractivity contribution is 7.89. The van der Waals surface area contributed by atoms with E-state index in [1.807, 2.05) is 24.3 Å². The third-order valence-electron chi connectivity index (χ3n) is 4.16. The van der Waals surface area contributed by atoms with E-state index in [4.69, 9.17) is 4.74 Å². The van der Waals surface area contributed by atoms with Crippen molar-refractivity contribution in [2.24, 2.45) is 5.92 Å². The van der Waals surface area contributed by atoms with Crippen molar-refractivity contribution in [3.05, 3.63) is 29.8 Å². The normalized spacial score (nSPS) is 19.3. The Morgan fingerprint density at radius 2 is 2.13 bits per heavy atom. The van der Waals surface area contributed by atoms with Crippen molar-refractivity contribution in [1.82, 2.24) is 9.62 Å². The van der Waals surface area contributed by atoms with Crippen LogP contribution in [0.5, 0.6) is 5.75 Å². The van der Waals surface area contributed by atoms with E-state index in [-0.39, 0.29) is 24.1 Å². The molecule has 0 unspecified atom stereocenters. The van der Waals surface area contributed by atoms with E-state index in [9.17, 15) is 13.2 Å². The van der Waals surface area contributed by atoms with Gasteiger partial charge in [-0.15, -0.1) is 0 Å². The van der Waals surface area contributed by atoms with E-state index in [2.05, 4.69) is 5.32 Å². The molecule has 0 radical (unpaired) electrons. The average molecular weight is 340 g/mol. The zero-order valence-corrected chi connectivity index (χ0v) is 14.4. The first-order chi connectivity index (χ1) is 11.0. The Morgan fingerprint density at radius 3 is 2.83 bits per heavy atom. The highest BCUT2D eigenvalue weighted by Crippen LogP contribution is 2.21. The molecule has 0 aliphatic carbocycles. The van der Waals surface area contributed by atoms with Crippen molar-refractivity contribution in [2.45, 2.75) is 26.3 Å². The second-order valence-corrected chi connectivity index (χ2v) is 7.88. The van der Waals surface area contributed by atoms with Crippen LogP contribution in [0.4, 0.5) is 0 Å². The molecule has 1 aromatic rings. The molecule has 0 saturated carbocycles. The molecule has 1 amide bonds. The summed E-state index contributed by atoms with van der Waals surface area (Å²) in [5, 5.41) is 2.89. The zero-order valence-electron chi connectivity index (χ0n) is 13.6. The van der Waals surface area contributed by atoms with Crippen LogP contribution in [-0.2, 0) is 21.4 Å². The molecule has 1 aromatic carbocycles. The summed E-state index contributed by atoms with van der Waals surface area (Å²) in [5.41, 5.74) is 0.900. The second kappa shape index (κ2) is 7.79. The number of hydrogen-bond donors (Lipinski definition) is 1. The molecule has 6 nitrogen and oxygen atoms in total. The first kappa shape index (κ1) is 17.7. The summed E-state index contributed by atoms with van der Waals surface area (Å²) in [6.45, 7) is 2.78. The molecule has 1 heterocycles. The maximum Gasteiger partial charge on any atom is 0.224 e. The maximum absolute atomic E-state index is 12.4. The molecule has 1 aliphatic rings. The number of amides is 1. The molecule has 1 fully saturated rings. The highest BCUT2D eigenvalue weighted by atomic mass is 32.2. The summed E-state index contributed by atoms with van der Waals surface area (Å²) in [6, 6.07) is 7.50. The van der Waals surface area contributed by atoms with Gasteiger partial charge in [0.15, 0.2) is 0 Å². The van der Waals surface area contributed by atoms with Crippen LogP contribution in [0.3, 0.4) is 0 Å². The third kappa shape index (κ3) is 4.45. The fraction of sp³-hybridized carbons (Fsp3) is 0.562. The number of hydrogen-bond acceptors (Lipinski definition) is 4. The Morgan fingerprint density at radius 1 is 1.39 bits per heavy atom. The van der Waals surface area contributed by atoms with Gasteiger partial charge in [-0.25, -0.2) is 12.7 Å². The van der Waals surface area contributed by atoms with Crippen LogP contribution >= 0.6 is 0 Å². The van der Waals surface area contributed by atoms with Gasteiger partial charge < -0.3 is 10.1 Å². The second-order valence-electron chi connectivity index (χ2n) is 5.63. The molecule has 2 rings (SSSR count). The lowest BCUT2D eigenvalue weighted by Crippen LogP contribution is -2.45. The number of benzene rings is 1. The van der Waals surface area contributed by atoms with Gasteiger partial charge in [0.2, 0.25) is 15.9 Å². The number of piperidine rings is 1. The lowest BCUT2D eigenvalue weighted by molar-refractivity contribution is -0.126. The number of methoxy groups -OCH3 is 1. The number of ether oxygens (including phenoxy) is 1. The zero-order chi connectivity index (χ0) is 16.9. The van der Waals surface area contributed by atoms with Crippen LogP contribution in [0.25, 0.3) is 0 Å². The first-order valence-corrected chi connectivity index (χ1v) is 9.46. The molecule has 128 valence electrons. The lowest BCUT2D eigenvalue weighted by Gasteiger charge is -2.30. The van der Waals surface area contributed by atoms with Crippen LogP contribution in [0.2, 0.25) is 0 Å². The van der Waals surface area contributed by atoms with Crippen LogP contribution in [-0.4, -0.2) is 44.6 Å². The van der Waals surface area contributed by atoms with Crippen LogP contribution in [0.1, 0.15) is 25.3 Å². The Balaban J connectivity index is 1.95. The smallest absolute Gasteiger partial charge is 0.224 e. The minimum absolute atomic E-state index is 0.0720. The predicted octanol–water partition coefficient (Wildman–Crippen LogP) is 1.37. The highest BCUT2D eigenvalue weighted by Gasteiger charge is 2.31. The first-order valence-electron chi connectivity index (χ1n) is 7.85. The van der Waals surface area contributed by atoms with E-state index in [0.29, 0.717) is 25.9 Å². The summed E-state index contributed by atoms with van der Waals surface area (Å²) in [4.78, 5) is 12.4. The van der Waals surface area contributed by atoms with Crippen molar-refractivity contribution >= 4 is 15.9 Å². The molecule has 1 atom stereocenters. The van der Waals surface area contributed by atoms with Gasteiger partial charge in [0, 0.05) is 25.2 Å². The fourth-order valence-electron chi connectivity index (χ4n) is 2.77. The lowest BCUT2D eigenvalue weighted by atomic mass is 9.98. The van der Waals surface area contributed by atoms with Gasteiger partial charge in [-0.2, -0.15) is 0 Å². The molecule has 1 aliphatic heterocycles. The van der Waals surface area contributed by atoms with Crippen molar-refractivity contribution in [3.8, 4) is 5.75 Å². The van der Waals surface area contributed by atoms with Crippen molar-refractivity contribution in [3.63, 3.8) is 0 Å². The molecule has 0 spiro atoms. The molecule has 23 heavy (non-hydrogen) atoms. The van der Waals surface area contributed by atoms with E-state index < -0.39 is 10.0 Å². The molecular weight excluding hydrogens is 316 g/mol. The Bertz CT molecular complexity index is 645. The van der Waals surface area contributed by atoms with E-state index in [1.54, 1.807) is 14.0 Å². The van der Waals surface area contributed by atoms with Crippen LogP contribution in [0, 0.1) is 5.92 Å². The van der Waals surface area contributed by atoms with Crippen molar-refractivity contribution in [1.29, 1.82) is 0 Å². The fourth-order valence-corrected chi connectivity index (χ4v) is 3.95. The molecule has 0 bridgehead atoms. The summed E-state index contributed by atoms with van der Waals surface area (Å²) in [5.74, 6) is 0.404. The van der Waals surface area contributed by atoms with Gasteiger partial charge in [0.25, 0.3) is 0 Å². The van der Waals surface area contributed by atoms with Crippen LogP contribution < -0.4 is 10.1 Å². The van der Waals surface area contributed by atoms with Gasteiger partial charge in [0.05, 0.1) is 18.8 Å². The van der Waals surface area contributed by atoms with E-state index >= 15 is 0 Å². The van der Waals surface area contributed by atoms with Crippen molar-refractivity contribution in [2.75, 3.05) is 26.0 Å². The Hall–Kier alpha value is -1.60. The number of carbonyl (C=O) groups excluding carboxylic acids is 1. The van der Waals surface area contributed by atoms with Gasteiger partial charge in [-0.3, -0.25) is 4.79 Å². The van der Waals surface area contributed by atoms with Gasteiger partial charge in [-0.1, -0.05) is 18.2 Å². The minimum Gasteiger partial charge on any atom is -0.496 e. The van der Waals surface area contributed by atoms with Gasteiger partial charge in [-0.05, 0) is 25.8 Å². The minimum atomic E-state index is -3.23. The van der Waals surface area contributed by atoms with Crippen LogP contribution in [0.15, 0.2) is 24.3 Å². The maximum atomic E-state index is 12.4. The topological polar surface area (TPSA) is 75.7 Å². The number of carbonyl (C=O) groups is 1. The summed E-state index contributed by atoms with van der Waals surface area (Å²) in [7, 11) is -1.64. The number of nitrogens with one attached hydrogen (secondary N) is 1.